The molecule has 5 rings (SSSR count). The van der Waals surface area contributed by atoms with Crippen LogP contribution in [0, 0.1) is 11.8 Å². The quantitative estimate of drug-likeness (QED) is 0.768. The number of hydrogen-bond donors (Lipinski definition) is 2. The van der Waals surface area contributed by atoms with E-state index in [-0.39, 0.29) is 17.5 Å². The van der Waals surface area contributed by atoms with Crippen molar-refractivity contribution in [3.8, 4) is 0 Å². The Bertz CT molecular complexity index is 821. The van der Waals surface area contributed by atoms with Crippen LogP contribution in [-0.2, 0) is 17.9 Å². The molecular weight excluding hydrogens is 344 g/mol. The number of amides is 2. The summed E-state index contributed by atoms with van der Waals surface area (Å²) in [5, 5.41) is 10.9. The van der Waals surface area contributed by atoms with Crippen LogP contribution in [0.4, 0.5) is 0 Å². The molecule has 3 fully saturated rings. The predicted octanol–water partition coefficient (Wildman–Crippen LogP) is 0.404. The van der Waals surface area contributed by atoms with Crippen LogP contribution in [0.1, 0.15) is 28.9 Å². The summed E-state index contributed by atoms with van der Waals surface area (Å²) in [6.07, 6.45) is 3.59. The summed E-state index contributed by atoms with van der Waals surface area (Å²) >= 11 is 0. The number of hydrogen-bond acceptors (Lipinski definition) is 5. The molecule has 0 spiro atoms. The maximum atomic E-state index is 12.7. The van der Waals surface area contributed by atoms with Gasteiger partial charge in [0.1, 0.15) is 0 Å². The number of aromatic nitrogens is 3. The molecule has 3 saturated heterocycles. The Hall–Kier alpha value is -2.74. The fourth-order valence-corrected chi connectivity index (χ4v) is 4.26. The molecule has 1 aromatic carbocycles. The van der Waals surface area contributed by atoms with Gasteiger partial charge in [-0.2, -0.15) is 0 Å². The van der Waals surface area contributed by atoms with E-state index in [1.807, 2.05) is 30.3 Å². The largest absolute Gasteiger partial charge is 0.364 e. The van der Waals surface area contributed by atoms with Crippen molar-refractivity contribution >= 4 is 11.8 Å². The average Bonchev–Trinajstić information content (AvgIpc) is 3.16. The predicted molar refractivity (Wildman–Crippen MR) is 98.4 cm³/mol. The van der Waals surface area contributed by atoms with Gasteiger partial charge in [-0.05, 0) is 30.9 Å². The maximum absolute atomic E-state index is 12.7. The van der Waals surface area contributed by atoms with E-state index in [1.54, 1.807) is 10.9 Å². The van der Waals surface area contributed by atoms with E-state index in [0.29, 0.717) is 25.0 Å². The van der Waals surface area contributed by atoms with Gasteiger partial charge in [0.05, 0.1) is 18.7 Å². The van der Waals surface area contributed by atoms with E-state index in [2.05, 4.69) is 20.5 Å². The molecule has 8 heteroatoms. The molecule has 1 aromatic heterocycles. The number of primary amides is 1. The molecule has 4 heterocycles. The zero-order valence-electron chi connectivity index (χ0n) is 15.1. The van der Waals surface area contributed by atoms with Crippen LogP contribution in [0.15, 0.2) is 36.5 Å². The van der Waals surface area contributed by atoms with Gasteiger partial charge in [0.15, 0.2) is 5.69 Å². The van der Waals surface area contributed by atoms with E-state index in [4.69, 9.17) is 5.73 Å². The van der Waals surface area contributed by atoms with E-state index in [0.717, 1.165) is 31.5 Å². The van der Waals surface area contributed by atoms with Crippen LogP contribution in [0.25, 0.3) is 0 Å². The monoisotopic (exact) mass is 368 g/mol. The smallest absolute Gasteiger partial charge is 0.270 e. The molecule has 8 nitrogen and oxygen atoms in total. The number of nitrogens with zero attached hydrogens (tertiary/aromatic N) is 4. The molecule has 0 saturated carbocycles. The molecule has 0 radical (unpaired) electrons. The Morgan fingerprint density at radius 1 is 1.26 bits per heavy atom. The number of carbonyl (C=O) groups is 2. The molecule has 2 bridgehead atoms. The standard InChI is InChI=1S/C19H24N6O2/c20-18(26)17-12-25(23-22-17)10-15-8-14-6-7-24(15)11-16(14)19(27)21-9-13-4-2-1-3-5-13/h1-5,12,14-16H,6-11H2,(H2,20,26)(H,21,27)/t14?,15-,16+/m1/s1. The van der Waals surface area contributed by atoms with Crippen LogP contribution >= 0.6 is 0 Å². The molecule has 142 valence electrons. The Kier molecular flexibility index (Phi) is 4.89. The minimum atomic E-state index is -0.568. The van der Waals surface area contributed by atoms with Gasteiger partial charge in [-0.3, -0.25) is 19.2 Å². The first-order chi connectivity index (χ1) is 13.1. The van der Waals surface area contributed by atoms with Gasteiger partial charge in [-0.1, -0.05) is 35.5 Å². The lowest BCUT2D eigenvalue weighted by Crippen LogP contribution is -2.58. The molecule has 2 unspecified atom stereocenters. The topological polar surface area (TPSA) is 106 Å². The first kappa shape index (κ1) is 17.7. The van der Waals surface area contributed by atoms with Crippen molar-refractivity contribution < 1.29 is 9.59 Å². The van der Waals surface area contributed by atoms with Gasteiger partial charge < -0.3 is 11.1 Å². The van der Waals surface area contributed by atoms with Crippen molar-refractivity contribution in [2.24, 2.45) is 17.6 Å². The van der Waals surface area contributed by atoms with E-state index < -0.39 is 5.91 Å². The fraction of sp³-hybridized carbons (Fsp3) is 0.474. The number of piperidine rings is 3. The highest BCUT2D eigenvalue weighted by atomic mass is 16.2. The minimum absolute atomic E-state index is 0.0376. The normalized spacial score (nSPS) is 26.7. The van der Waals surface area contributed by atoms with Crippen LogP contribution in [0.3, 0.4) is 0 Å². The van der Waals surface area contributed by atoms with Crippen LogP contribution in [0.5, 0.6) is 0 Å². The minimum Gasteiger partial charge on any atom is -0.364 e. The van der Waals surface area contributed by atoms with E-state index >= 15 is 0 Å². The summed E-state index contributed by atoms with van der Waals surface area (Å²) in [7, 11) is 0. The number of carbonyl (C=O) groups excluding carboxylic acids is 2. The molecule has 3 N–H and O–H groups in total. The highest BCUT2D eigenvalue weighted by Gasteiger charge is 2.43. The highest BCUT2D eigenvalue weighted by molar-refractivity contribution is 5.90. The van der Waals surface area contributed by atoms with Gasteiger partial charge in [-0.15, -0.1) is 5.10 Å². The van der Waals surface area contributed by atoms with Gasteiger partial charge in [0.2, 0.25) is 5.91 Å². The molecule has 4 atom stereocenters. The van der Waals surface area contributed by atoms with Crippen molar-refractivity contribution in [3.05, 3.63) is 47.8 Å². The third-order valence-electron chi connectivity index (χ3n) is 5.71. The Balaban J connectivity index is 1.34. The molecular formula is C19H24N6O2. The zero-order valence-corrected chi connectivity index (χ0v) is 15.1. The zero-order chi connectivity index (χ0) is 18.8. The summed E-state index contributed by atoms with van der Waals surface area (Å²) in [5.74, 6) is -0.00353. The SMILES string of the molecule is NC(=O)c1cn(C[C@H]2CC3CCN2C[C@@H]3C(=O)NCc2ccccc2)nn1. The lowest BCUT2D eigenvalue weighted by molar-refractivity contribution is -0.133. The van der Waals surface area contributed by atoms with E-state index in [1.165, 1.54) is 0 Å². The number of benzene rings is 1. The third kappa shape index (κ3) is 3.85. The van der Waals surface area contributed by atoms with Gasteiger partial charge in [-0.25, -0.2) is 0 Å². The van der Waals surface area contributed by atoms with Crippen molar-refractivity contribution in [2.45, 2.75) is 32.0 Å². The van der Waals surface area contributed by atoms with Gasteiger partial charge in [0.25, 0.3) is 5.91 Å². The first-order valence-electron chi connectivity index (χ1n) is 9.36. The molecule has 2 amide bonds. The summed E-state index contributed by atoms with van der Waals surface area (Å²) in [6, 6.07) is 10.3. The summed E-state index contributed by atoms with van der Waals surface area (Å²) in [6.45, 7) is 3.00. The van der Waals surface area contributed by atoms with Crippen molar-refractivity contribution in [1.82, 2.24) is 25.2 Å². The Labute approximate surface area is 157 Å². The lowest BCUT2D eigenvalue weighted by Gasteiger charge is -2.49. The first-order valence-corrected chi connectivity index (χ1v) is 9.36. The third-order valence-corrected chi connectivity index (χ3v) is 5.71. The maximum Gasteiger partial charge on any atom is 0.270 e. The van der Waals surface area contributed by atoms with E-state index in [9.17, 15) is 9.59 Å². The summed E-state index contributed by atoms with van der Waals surface area (Å²) in [4.78, 5) is 26.2. The second-order valence-electron chi connectivity index (χ2n) is 7.43. The summed E-state index contributed by atoms with van der Waals surface area (Å²) < 4.78 is 1.68. The molecule has 3 aliphatic heterocycles. The number of nitrogens with two attached hydrogens (primary N) is 1. The highest BCUT2D eigenvalue weighted by Crippen LogP contribution is 2.36. The average molecular weight is 368 g/mol. The van der Waals surface area contributed by atoms with Crippen LogP contribution < -0.4 is 11.1 Å². The van der Waals surface area contributed by atoms with Crippen LogP contribution in [0.2, 0.25) is 0 Å². The number of fused-ring (bicyclic) bond motifs is 3. The van der Waals surface area contributed by atoms with Crippen molar-refractivity contribution in [1.29, 1.82) is 0 Å². The summed E-state index contributed by atoms with van der Waals surface area (Å²) in [5.41, 5.74) is 6.53. The number of nitrogens with one attached hydrogen (secondary N) is 1. The lowest BCUT2D eigenvalue weighted by atomic mass is 9.75. The van der Waals surface area contributed by atoms with Gasteiger partial charge >= 0.3 is 0 Å². The van der Waals surface area contributed by atoms with Crippen molar-refractivity contribution in [2.75, 3.05) is 13.1 Å². The molecule has 3 aliphatic rings. The second-order valence-corrected chi connectivity index (χ2v) is 7.43. The molecule has 27 heavy (non-hydrogen) atoms. The fourth-order valence-electron chi connectivity index (χ4n) is 4.26. The molecule has 0 aliphatic carbocycles. The Morgan fingerprint density at radius 2 is 2.07 bits per heavy atom. The van der Waals surface area contributed by atoms with Crippen LogP contribution in [-0.4, -0.2) is 50.8 Å². The Morgan fingerprint density at radius 3 is 2.74 bits per heavy atom. The van der Waals surface area contributed by atoms with Crippen molar-refractivity contribution in [3.63, 3.8) is 0 Å². The molecule has 2 aromatic rings. The number of rotatable bonds is 6. The second kappa shape index (κ2) is 7.48. The van der Waals surface area contributed by atoms with Gasteiger partial charge in [0, 0.05) is 19.1 Å².